The molecule has 2 rings (SSSR count). The fourth-order valence-corrected chi connectivity index (χ4v) is 2.09. The zero-order valence-corrected chi connectivity index (χ0v) is 13.2. The van der Waals surface area contributed by atoms with Gasteiger partial charge in [-0.25, -0.2) is 0 Å². The van der Waals surface area contributed by atoms with Crippen LogP contribution in [0.2, 0.25) is 10.2 Å². The number of methoxy groups -OCH3 is 1. The summed E-state index contributed by atoms with van der Waals surface area (Å²) in [6, 6.07) is 3.68. The van der Waals surface area contributed by atoms with Gasteiger partial charge in [-0.1, -0.05) is 23.2 Å². The lowest BCUT2D eigenvalue weighted by molar-refractivity contribution is 0.416. The molecule has 0 aliphatic heterocycles. The number of nitrogens with one attached hydrogen (secondary N) is 1. The van der Waals surface area contributed by atoms with Gasteiger partial charge in [0, 0.05) is 11.1 Å². The molecule has 0 amide bonds. The number of aryl methyl sites for hydroxylation is 1. The maximum atomic E-state index is 6.09. The van der Waals surface area contributed by atoms with Crippen molar-refractivity contribution < 1.29 is 4.74 Å². The third kappa shape index (κ3) is 2.81. The molecule has 0 bridgehead atoms. The van der Waals surface area contributed by atoms with Gasteiger partial charge in [0.15, 0.2) is 11.0 Å². The summed E-state index contributed by atoms with van der Waals surface area (Å²) in [5.74, 6) is 1.29. The molecule has 0 aliphatic rings. The standard InChI is InChI=1S/C14H15Cl2N3O/c1-7-5-11(12(20-4)6-10(7)15)17-14-9(3)8(2)13(16)18-19-14/h5-6H,1-4H3,(H,17,19). The third-order valence-corrected chi connectivity index (χ3v) is 3.97. The lowest BCUT2D eigenvalue weighted by Gasteiger charge is -2.14. The van der Waals surface area contributed by atoms with E-state index in [0.29, 0.717) is 21.7 Å². The average Bonchev–Trinajstić information content (AvgIpc) is 2.43. The zero-order chi connectivity index (χ0) is 14.9. The third-order valence-electron chi connectivity index (χ3n) is 3.20. The molecule has 0 atom stereocenters. The molecule has 1 aromatic carbocycles. The normalized spacial score (nSPS) is 10.5. The number of aromatic nitrogens is 2. The molecule has 0 unspecified atom stereocenters. The van der Waals surface area contributed by atoms with E-state index >= 15 is 0 Å². The van der Waals surface area contributed by atoms with Gasteiger partial charge in [0.25, 0.3) is 0 Å². The van der Waals surface area contributed by atoms with Crippen LogP contribution in [0.1, 0.15) is 16.7 Å². The Balaban J connectivity index is 2.45. The number of ether oxygens (including phenoxy) is 1. The minimum absolute atomic E-state index is 0.410. The van der Waals surface area contributed by atoms with Crippen LogP contribution in [0.5, 0.6) is 5.75 Å². The minimum Gasteiger partial charge on any atom is -0.495 e. The first kappa shape index (κ1) is 14.9. The fraction of sp³-hybridized carbons (Fsp3) is 0.286. The molecule has 0 saturated heterocycles. The molecule has 106 valence electrons. The fourth-order valence-electron chi connectivity index (χ4n) is 1.75. The van der Waals surface area contributed by atoms with E-state index in [1.165, 1.54) is 0 Å². The van der Waals surface area contributed by atoms with Crippen LogP contribution < -0.4 is 10.1 Å². The van der Waals surface area contributed by atoms with Gasteiger partial charge in [-0.2, -0.15) is 0 Å². The predicted octanol–water partition coefficient (Wildman–Crippen LogP) is 4.46. The SMILES string of the molecule is COc1cc(Cl)c(C)cc1Nc1nnc(Cl)c(C)c1C. The quantitative estimate of drug-likeness (QED) is 0.909. The van der Waals surface area contributed by atoms with Gasteiger partial charge in [-0.05, 0) is 43.5 Å². The van der Waals surface area contributed by atoms with Gasteiger partial charge in [0.05, 0.1) is 12.8 Å². The Bertz CT molecular complexity index is 659. The van der Waals surface area contributed by atoms with Crippen LogP contribution in [0.25, 0.3) is 0 Å². The molecule has 0 saturated carbocycles. The van der Waals surface area contributed by atoms with E-state index in [0.717, 1.165) is 22.4 Å². The van der Waals surface area contributed by atoms with Crippen molar-refractivity contribution in [1.29, 1.82) is 0 Å². The molecule has 0 aliphatic carbocycles. The van der Waals surface area contributed by atoms with Crippen molar-refractivity contribution in [2.24, 2.45) is 0 Å². The van der Waals surface area contributed by atoms with Gasteiger partial charge in [0.2, 0.25) is 0 Å². The molecule has 0 fully saturated rings. The maximum absolute atomic E-state index is 6.09. The summed E-state index contributed by atoms with van der Waals surface area (Å²) in [5, 5.41) is 12.3. The Morgan fingerprint density at radius 1 is 1.05 bits per heavy atom. The minimum atomic E-state index is 0.410. The summed E-state index contributed by atoms with van der Waals surface area (Å²) in [5.41, 5.74) is 3.58. The van der Waals surface area contributed by atoms with Crippen LogP contribution in [-0.2, 0) is 0 Å². The topological polar surface area (TPSA) is 47.0 Å². The smallest absolute Gasteiger partial charge is 0.156 e. The van der Waals surface area contributed by atoms with Crippen molar-refractivity contribution in [2.45, 2.75) is 20.8 Å². The van der Waals surface area contributed by atoms with E-state index in [4.69, 9.17) is 27.9 Å². The monoisotopic (exact) mass is 311 g/mol. The average molecular weight is 312 g/mol. The number of benzene rings is 1. The number of anilines is 2. The molecule has 1 N–H and O–H groups in total. The number of hydrogen-bond acceptors (Lipinski definition) is 4. The van der Waals surface area contributed by atoms with Crippen LogP contribution in [0.15, 0.2) is 12.1 Å². The Morgan fingerprint density at radius 2 is 1.75 bits per heavy atom. The van der Waals surface area contributed by atoms with Crippen LogP contribution >= 0.6 is 23.2 Å². The Kier molecular flexibility index (Phi) is 4.35. The summed E-state index contributed by atoms with van der Waals surface area (Å²) in [6.07, 6.45) is 0. The highest BCUT2D eigenvalue weighted by Gasteiger charge is 2.12. The number of rotatable bonds is 3. The van der Waals surface area contributed by atoms with Crippen LogP contribution in [0.4, 0.5) is 11.5 Å². The van der Waals surface area contributed by atoms with E-state index in [1.54, 1.807) is 13.2 Å². The largest absolute Gasteiger partial charge is 0.495 e. The van der Waals surface area contributed by atoms with Gasteiger partial charge < -0.3 is 10.1 Å². The summed E-state index contributed by atoms with van der Waals surface area (Å²) >= 11 is 12.0. The van der Waals surface area contributed by atoms with E-state index < -0.39 is 0 Å². The Labute approximate surface area is 128 Å². The summed E-state index contributed by atoms with van der Waals surface area (Å²) < 4.78 is 5.33. The number of halogens is 2. The number of nitrogens with zero attached hydrogens (tertiary/aromatic N) is 2. The van der Waals surface area contributed by atoms with E-state index in [-0.39, 0.29) is 0 Å². The molecule has 2 aromatic rings. The summed E-state index contributed by atoms with van der Waals surface area (Å²) in [7, 11) is 1.60. The molecule has 4 nitrogen and oxygen atoms in total. The highest BCUT2D eigenvalue weighted by molar-refractivity contribution is 6.31. The van der Waals surface area contributed by atoms with Gasteiger partial charge in [-0.15, -0.1) is 10.2 Å². The van der Waals surface area contributed by atoms with Crippen molar-refractivity contribution in [1.82, 2.24) is 10.2 Å². The molecule has 1 aromatic heterocycles. The molecule has 0 radical (unpaired) electrons. The molecular weight excluding hydrogens is 297 g/mol. The highest BCUT2D eigenvalue weighted by Crippen LogP contribution is 2.33. The molecule has 6 heteroatoms. The number of hydrogen-bond donors (Lipinski definition) is 1. The second-order valence-corrected chi connectivity index (χ2v) is 5.28. The Morgan fingerprint density at radius 3 is 2.40 bits per heavy atom. The van der Waals surface area contributed by atoms with Crippen LogP contribution in [0, 0.1) is 20.8 Å². The second-order valence-electron chi connectivity index (χ2n) is 4.52. The first-order chi connectivity index (χ1) is 9.43. The highest BCUT2D eigenvalue weighted by atomic mass is 35.5. The zero-order valence-electron chi connectivity index (χ0n) is 11.7. The maximum Gasteiger partial charge on any atom is 0.156 e. The lowest BCUT2D eigenvalue weighted by Crippen LogP contribution is -2.03. The van der Waals surface area contributed by atoms with Crippen molar-refractivity contribution in [3.05, 3.63) is 39.0 Å². The first-order valence-electron chi connectivity index (χ1n) is 6.04. The van der Waals surface area contributed by atoms with E-state index in [2.05, 4.69) is 15.5 Å². The van der Waals surface area contributed by atoms with Crippen molar-refractivity contribution in [2.75, 3.05) is 12.4 Å². The van der Waals surface area contributed by atoms with E-state index in [1.807, 2.05) is 26.8 Å². The summed E-state index contributed by atoms with van der Waals surface area (Å²) in [6.45, 7) is 5.77. The van der Waals surface area contributed by atoms with Crippen LogP contribution in [-0.4, -0.2) is 17.3 Å². The van der Waals surface area contributed by atoms with Gasteiger partial charge >= 0.3 is 0 Å². The molecule has 0 spiro atoms. The molecule has 20 heavy (non-hydrogen) atoms. The molecular formula is C14H15Cl2N3O. The van der Waals surface area contributed by atoms with E-state index in [9.17, 15) is 0 Å². The lowest BCUT2D eigenvalue weighted by atomic mass is 10.1. The van der Waals surface area contributed by atoms with Gasteiger partial charge in [-0.3, -0.25) is 0 Å². The predicted molar refractivity (Wildman–Crippen MR) is 82.5 cm³/mol. The summed E-state index contributed by atoms with van der Waals surface area (Å²) in [4.78, 5) is 0. The molecule has 1 heterocycles. The second kappa shape index (κ2) is 5.85. The van der Waals surface area contributed by atoms with Crippen molar-refractivity contribution in [3.8, 4) is 5.75 Å². The Hall–Kier alpha value is -1.52. The van der Waals surface area contributed by atoms with Gasteiger partial charge in [0.1, 0.15) is 5.75 Å². The first-order valence-corrected chi connectivity index (χ1v) is 6.80. The van der Waals surface area contributed by atoms with Crippen LogP contribution in [0.3, 0.4) is 0 Å². The van der Waals surface area contributed by atoms with Crippen molar-refractivity contribution >= 4 is 34.7 Å². The van der Waals surface area contributed by atoms with Crippen molar-refractivity contribution in [3.63, 3.8) is 0 Å².